The van der Waals surface area contributed by atoms with Gasteiger partial charge in [-0.25, -0.2) is 9.59 Å². The SMILES string of the molecule is CN1CCc2cccc3c2C1Cc1ccc(OC(=O)c2ccc(Br)cc2)c(OC(=O)c2ccc(Br)cc2)c1-3. The number of hydrogen-bond donors (Lipinski definition) is 0. The monoisotopic (exact) mass is 631 g/mol. The van der Waals surface area contributed by atoms with Crippen molar-refractivity contribution in [2.45, 2.75) is 18.9 Å². The van der Waals surface area contributed by atoms with Gasteiger partial charge in [-0.3, -0.25) is 4.90 Å². The standard InChI is InChI=1S/C31H23Br2NO4/c1-34-16-15-18-3-2-4-24-27(18)25(34)17-21-9-14-26(37-30(35)19-5-10-22(32)11-6-19)29(28(21)24)38-31(36)20-7-12-23(33)13-8-20/h2-14,25H,15-17H2,1H3. The van der Waals surface area contributed by atoms with Crippen molar-refractivity contribution in [2.75, 3.05) is 13.6 Å². The van der Waals surface area contributed by atoms with Crippen LogP contribution < -0.4 is 9.47 Å². The van der Waals surface area contributed by atoms with Gasteiger partial charge in [0.1, 0.15) is 0 Å². The maximum atomic E-state index is 13.3. The summed E-state index contributed by atoms with van der Waals surface area (Å²) >= 11 is 6.80. The topological polar surface area (TPSA) is 55.8 Å². The minimum absolute atomic E-state index is 0.211. The highest BCUT2D eigenvalue weighted by molar-refractivity contribution is 9.10. The van der Waals surface area contributed by atoms with Crippen molar-refractivity contribution in [2.24, 2.45) is 0 Å². The third-order valence-corrected chi connectivity index (χ3v) is 8.30. The smallest absolute Gasteiger partial charge is 0.343 e. The molecule has 1 heterocycles. The fourth-order valence-corrected chi connectivity index (χ4v) is 5.84. The highest BCUT2D eigenvalue weighted by Gasteiger charge is 2.35. The molecule has 5 nitrogen and oxygen atoms in total. The third kappa shape index (κ3) is 4.59. The second-order valence-corrected chi connectivity index (χ2v) is 11.4. The number of esters is 2. The van der Waals surface area contributed by atoms with Gasteiger partial charge in [-0.2, -0.15) is 0 Å². The molecule has 190 valence electrons. The summed E-state index contributed by atoms with van der Waals surface area (Å²) in [5.74, 6) is -0.568. The van der Waals surface area contributed by atoms with Gasteiger partial charge in [-0.1, -0.05) is 56.1 Å². The lowest BCUT2D eigenvalue weighted by Gasteiger charge is -2.40. The van der Waals surface area contributed by atoms with Crippen molar-refractivity contribution in [1.82, 2.24) is 4.90 Å². The highest BCUT2D eigenvalue weighted by atomic mass is 79.9. The van der Waals surface area contributed by atoms with Crippen LogP contribution in [0.3, 0.4) is 0 Å². The third-order valence-electron chi connectivity index (χ3n) is 7.24. The van der Waals surface area contributed by atoms with Crippen molar-refractivity contribution >= 4 is 43.8 Å². The molecule has 1 unspecified atom stereocenters. The van der Waals surface area contributed by atoms with Crippen molar-refractivity contribution < 1.29 is 19.1 Å². The van der Waals surface area contributed by atoms with E-state index < -0.39 is 11.9 Å². The number of nitrogens with zero attached hydrogens (tertiary/aromatic N) is 1. The molecule has 0 aromatic heterocycles. The fourth-order valence-electron chi connectivity index (χ4n) is 5.32. The van der Waals surface area contributed by atoms with E-state index in [4.69, 9.17) is 9.47 Å². The zero-order chi connectivity index (χ0) is 26.4. The van der Waals surface area contributed by atoms with Crippen LogP contribution in [0.15, 0.2) is 87.8 Å². The molecule has 0 fully saturated rings. The zero-order valence-corrected chi connectivity index (χ0v) is 23.7. The van der Waals surface area contributed by atoms with E-state index >= 15 is 0 Å². The number of carbonyl (C=O) groups is 2. The van der Waals surface area contributed by atoms with Crippen LogP contribution in [0.5, 0.6) is 11.5 Å². The molecule has 38 heavy (non-hydrogen) atoms. The average Bonchev–Trinajstić information content (AvgIpc) is 2.92. The Morgan fingerprint density at radius 2 is 1.42 bits per heavy atom. The number of hydrogen-bond acceptors (Lipinski definition) is 5. The Labute approximate surface area is 237 Å². The number of fused-ring (bicyclic) bond motifs is 2. The maximum Gasteiger partial charge on any atom is 0.343 e. The van der Waals surface area contributed by atoms with Crippen molar-refractivity contribution in [1.29, 1.82) is 0 Å². The molecule has 6 rings (SSSR count). The lowest BCUT2D eigenvalue weighted by Crippen LogP contribution is -2.35. The number of likely N-dealkylation sites (N-methyl/N-ethyl adjacent to an activating group) is 1. The van der Waals surface area contributed by atoms with Crippen molar-refractivity contribution in [3.05, 3.63) is 116 Å². The quantitative estimate of drug-likeness (QED) is 0.173. The van der Waals surface area contributed by atoms with E-state index in [0.29, 0.717) is 11.1 Å². The molecule has 4 aromatic carbocycles. The molecular formula is C31H23Br2NO4. The van der Waals surface area contributed by atoms with Gasteiger partial charge in [0, 0.05) is 27.1 Å². The highest BCUT2D eigenvalue weighted by Crippen LogP contribution is 2.51. The first-order valence-electron chi connectivity index (χ1n) is 12.3. The van der Waals surface area contributed by atoms with E-state index in [9.17, 15) is 9.59 Å². The first-order chi connectivity index (χ1) is 18.4. The number of rotatable bonds is 4. The van der Waals surface area contributed by atoms with Crippen LogP contribution in [-0.2, 0) is 12.8 Å². The van der Waals surface area contributed by atoms with Crippen LogP contribution in [0, 0.1) is 0 Å². The molecule has 1 aliphatic heterocycles. The van der Waals surface area contributed by atoms with Gasteiger partial charge in [0.25, 0.3) is 0 Å². The maximum absolute atomic E-state index is 13.3. The molecule has 0 amide bonds. The summed E-state index contributed by atoms with van der Waals surface area (Å²) in [7, 11) is 2.15. The Kier molecular flexibility index (Phi) is 6.68. The van der Waals surface area contributed by atoms with Crippen LogP contribution in [0.25, 0.3) is 11.1 Å². The number of carbonyl (C=O) groups excluding carboxylic acids is 2. The van der Waals surface area contributed by atoms with Crippen molar-refractivity contribution in [3.8, 4) is 22.6 Å². The van der Waals surface area contributed by atoms with E-state index in [1.807, 2.05) is 12.1 Å². The molecule has 4 aromatic rings. The molecule has 1 aliphatic carbocycles. The largest absolute Gasteiger partial charge is 0.419 e. The van der Waals surface area contributed by atoms with E-state index in [0.717, 1.165) is 45.0 Å². The van der Waals surface area contributed by atoms with Crippen LogP contribution >= 0.6 is 31.9 Å². The lowest BCUT2D eigenvalue weighted by molar-refractivity contribution is 0.0683. The summed E-state index contributed by atoms with van der Waals surface area (Å²) in [5, 5.41) is 0. The van der Waals surface area contributed by atoms with Gasteiger partial charge < -0.3 is 9.47 Å². The molecular weight excluding hydrogens is 610 g/mol. The van der Waals surface area contributed by atoms with Crippen LogP contribution in [0.1, 0.15) is 43.4 Å². The van der Waals surface area contributed by atoms with Gasteiger partial charge in [-0.15, -0.1) is 0 Å². The van der Waals surface area contributed by atoms with Gasteiger partial charge in [0.2, 0.25) is 0 Å². The molecule has 0 bridgehead atoms. The summed E-state index contributed by atoms with van der Waals surface area (Å²) in [4.78, 5) is 28.8. The first kappa shape index (κ1) is 25.0. The molecule has 0 saturated heterocycles. The predicted octanol–water partition coefficient (Wildman–Crippen LogP) is 7.40. The normalized spacial score (nSPS) is 15.8. The van der Waals surface area contributed by atoms with Gasteiger partial charge in [-0.05, 0) is 96.7 Å². The molecule has 0 N–H and O–H groups in total. The van der Waals surface area contributed by atoms with E-state index in [1.165, 1.54) is 11.1 Å². The minimum atomic E-state index is -0.526. The minimum Gasteiger partial charge on any atom is -0.419 e. The molecule has 0 saturated carbocycles. The number of benzene rings is 4. The number of ether oxygens (including phenoxy) is 2. The second-order valence-electron chi connectivity index (χ2n) is 9.55. The van der Waals surface area contributed by atoms with Crippen LogP contribution in [0.2, 0.25) is 0 Å². The van der Waals surface area contributed by atoms with Gasteiger partial charge in [0.15, 0.2) is 11.5 Å². The molecule has 7 heteroatoms. The summed E-state index contributed by atoms with van der Waals surface area (Å²) in [6.07, 6.45) is 1.73. The predicted molar refractivity (Wildman–Crippen MR) is 153 cm³/mol. The second kappa shape index (κ2) is 10.1. The molecule has 2 aliphatic rings. The van der Waals surface area contributed by atoms with Gasteiger partial charge >= 0.3 is 11.9 Å². The number of halogens is 2. The Bertz CT molecular complexity index is 1560. The van der Waals surface area contributed by atoms with Crippen LogP contribution in [0.4, 0.5) is 0 Å². The molecule has 0 spiro atoms. The van der Waals surface area contributed by atoms with E-state index in [1.54, 1.807) is 54.6 Å². The Hall–Kier alpha value is -3.26. The Morgan fingerprint density at radius 1 is 0.789 bits per heavy atom. The van der Waals surface area contributed by atoms with Gasteiger partial charge in [0.05, 0.1) is 11.1 Å². The lowest BCUT2D eigenvalue weighted by atomic mass is 9.77. The summed E-state index contributed by atoms with van der Waals surface area (Å²) in [6.45, 7) is 0.991. The summed E-state index contributed by atoms with van der Waals surface area (Å²) in [6, 6.07) is 24.2. The molecule has 0 radical (unpaired) electrons. The Balaban J connectivity index is 1.48. The zero-order valence-electron chi connectivity index (χ0n) is 20.5. The van der Waals surface area contributed by atoms with E-state index in [2.05, 4.69) is 55.9 Å². The molecule has 1 atom stereocenters. The van der Waals surface area contributed by atoms with Crippen molar-refractivity contribution in [3.63, 3.8) is 0 Å². The first-order valence-corrected chi connectivity index (χ1v) is 13.9. The summed E-state index contributed by atoms with van der Waals surface area (Å²) < 4.78 is 13.7. The van der Waals surface area contributed by atoms with E-state index in [-0.39, 0.29) is 17.5 Å². The summed E-state index contributed by atoms with van der Waals surface area (Å²) in [5.41, 5.74) is 6.23. The fraction of sp³-hybridized carbons (Fsp3) is 0.161. The van der Waals surface area contributed by atoms with Crippen LogP contribution in [-0.4, -0.2) is 30.4 Å². The average molecular weight is 633 g/mol. The Morgan fingerprint density at radius 3 is 2.08 bits per heavy atom.